The minimum atomic E-state index is 0.141. The molecule has 0 amide bonds. The van der Waals surface area contributed by atoms with Gasteiger partial charge in [0.25, 0.3) is 0 Å². The first kappa shape index (κ1) is 13.7. The average molecular weight is 329 g/mol. The Morgan fingerprint density at radius 1 is 1.44 bits per heavy atom. The highest BCUT2D eigenvalue weighted by molar-refractivity contribution is 9.10. The molecule has 2 aromatic rings. The molecule has 0 saturated heterocycles. The van der Waals surface area contributed by atoms with Gasteiger partial charge < -0.3 is 5.32 Å². The van der Waals surface area contributed by atoms with Gasteiger partial charge in [-0.2, -0.15) is 5.10 Å². The van der Waals surface area contributed by atoms with Crippen LogP contribution in [0.1, 0.15) is 43.4 Å². The number of halogens is 1. The highest BCUT2D eigenvalue weighted by Crippen LogP contribution is 2.31. The zero-order chi connectivity index (χ0) is 13.1. The third-order valence-electron chi connectivity index (χ3n) is 2.69. The Labute approximate surface area is 120 Å². The third-order valence-corrected chi connectivity index (χ3v) is 4.15. The second-order valence-corrected chi connectivity index (χ2v) is 6.08. The second kappa shape index (κ2) is 5.95. The monoisotopic (exact) mass is 328 g/mol. The summed E-state index contributed by atoms with van der Waals surface area (Å²) in [6.45, 7) is 7.29. The SMILES string of the molecule is CCNC(c1cncs1)c1c(Br)cnn1C(C)C. The normalized spacial score (nSPS) is 13.2. The lowest BCUT2D eigenvalue weighted by molar-refractivity contribution is 0.477. The third kappa shape index (κ3) is 2.65. The van der Waals surface area contributed by atoms with Crippen molar-refractivity contribution in [2.24, 2.45) is 0 Å². The molecule has 1 unspecified atom stereocenters. The molecule has 0 fully saturated rings. The van der Waals surface area contributed by atoms with Crippen LogP contribution in [-0.2, 0) is 0 Å². The Morgan fingerprint density at radius 3 is 2.78 bits per heavy atom. The lowest BCUT2D eigenvalue weighted by atomic mass is 10.1. The fourth-order valence-electron chi connectivity index (χ4n) is 1.94. The van der Waals surface area contributed by atoms with Gasteiger partial charge in [-0.1, -0.05) is 6.92 Å². The van der Waals surface area contributed by atoms with Crippen LogP contribution < -0.4 is 5.32 Å². The van der Waals surface area contributed by atoms with Crippen molar-refractivity contribution in [3.8, 4) is 0 Å². The van der Waals surface area contributed by atoms with Gasteiger partial charge in [-0.25, -0.2) is 0 Å². The van der Waals surface area contributed by atoms with E-state index >= 15 is 0 Å². The summed E-state index contributed by atoms with van der Waals surface area (Å²) in [5.41, 5.74) is 3.03. The molecule has 0 aromatic carbocycles. The quantitative estimate of drug-likeness (QED) is 0.914. The molecule has 18 heavy (non-hydrogen) atoms. The van der Waals surface area contributed by atoms with E-state index in [1.54, 1.807) is 11.3 Å². The summed E-state index contributed by atoms with van der Waals surface area (Å²) in [6.07, 6.45) is 3.78. The molecule has 0 radical (unpaired) electrons. The molecule has 0 spiro atoms. The van der Waals surface area contributed by atoms with E-state index in [9.17, 15) is 0 Å². The summed E-state index contributed by atoms with van der Waals surface area (Å²) in [5, 5.41) is 7.95. The van der Waals surface area contributed by atoms with E-state index in [4.69, 9.17) is 0 Å². The molecule has 4 nitrogen and oxygen atoms in total. The molecule has 0 aliphatic rings. The fraction of sp³-hybridized carbons (Fsp3) is 0.500. The maximum atomic E-state index is 4.44. The Kier molecular flexibility index (Phi) is 4.53. The standard InChI is InChI=1S/C12H17BrN4S/c1-4-15-11(10-6-14-7-18-10)12-9(13)5-16-17(12)8(2)3/h5-8,11,15H,4H2,1-3H3. The summed E-state index contributed by atoms with van der Waals surface area (Å²) in [5.74, 6) is 0. The van der Waals surface area contributed by atoms with Gasteiger partial charge in [0.1, 0.15) is 0 Å². The van der Waals surface area contributed by atoms with Crippen molar-refractivity contribution < 1.29 is 0 Å². The van der Waals surface area contributed by atoms with Gasteiger partial charge in [0.2, 0.25) is 0 Å². The van der Waals surface area contributed by atoms with Crippen molar-refractivity contribution in [2.75, 3.05) is 6.54 Å². The second-order valence-electron chi connectivity index (χ2n) is 4.31. The van der Waals surface area contributed by atoms with Crippen molar-refractivity contribution in [3.05, 3.63) is 32.9 Å². The van der Waals surface area contributed by atoms with Crippen LogP contribution in [-0.4, -0.2) is 21.3 Å². The van der Waals surface area contributed by atoms with E-state index in [0.29, 0.717) is 6.04 Å². The molecule has 1 atom stereocenters. The van der Waals surface area contributed by atoms with E-state index in [2.05, 4.69) is 56.8 Å². The molecule has 2 heterocycles. The zero-order valence-electron chi connectivity index (χ0n) is 10.7. The molecule has 2 rings (SSSR count). The van der Waals surface area contributed by atoms with Gasteiger partial charge in [-0.05, 0) is 36.3 Å². The largest absolute Gasteiger partial charge is 0.305 e. The van der Waals surface area contributed by atoms with Crippen molar-refractivity contribution >= 4 is 27.3 Å². The van der Waals surface area contributed by atoms with Gasteiger partial charge in [0, 0.05) is 17.1 Å². The van der Waals surface area contributed by atoms with E-state index in [1.807, 2.05) is 17.9 Å². The van der Waals surface area contributed by atoms with Gasteiger partial charge in [-0.15, -0.1) is 11.3 Å². The van der Waals surface area contributed by atoms with Crippen molar-refractivity contribution in [2.45, 2.75) is 32.9 Å². The number of nitrogens with one attached hydrogen (secondary N) is 1. The lowest BCUT2D eigenvalue weighted by Crippen LogP contribution is -2.25. The summed E-state index contributed by atoms with van der Waals surface area (Å²) >= 11 is 5.27. The molecule has 0 aliphatic heterocycles. The van der Waals surface area contributed by atoms with Crippen molar-refractivity contribution in [3.63, 3.8) is 0 Å². The number of thiazole rings is 1. The predicted molar refractivity (Wildman–Crippen MR) is 77.9 cm³/mol. The number of hydrogen-bond acceptors (Lipinski definition) is 4. The fourth-order valence-corrected chi connectivity index (χ4v) is 3.14. The first-order chi connectivity index (χ1) is 8.65. The molecule has 0 bridgehead atoms. The van der Waals surface area contributed by atoms with Crippen LogP contribution in [0.25, 0.3) is 0 Å². The topological polar surface area (TPSA) is 42.7 Å². The van der Waals surface area contributed by atoms with Crippen molar-refractivity contribution in [1.29, 1.82) is 0 Å². The van der Waals surface area contributed by atoms with Gasteiger partial charge in [0.05, 0.1) is 27.9 Å². The Balaban J connectivity index is 2.45. The molecule has 2 aromatic heterocycles. The molecule has 98 valence electrons. The predicted octanol–water partition coefficient (Wildman–Crippen LogP) is 3.38. The van der Waals surface area contributed by atoms with Crippen LogP contribution in [0.4, 0.5) is 0 Å². The van der Waals surface area contributed by atoms with E-state index < -0.39 is 0 Å². The molecule has 0 saturated carbocycles. The molecule has 1 N–H and O–H groups in total. The first-order valence-corrected chi connectivity index (χ1v) is 7.67. The van der Waals surface area contributed by atoms with Crippen LogP contribution in [0.5, 0.6) is 0 Å². The number of rotatable bonds is 5. The van der Waals surface area contributed by atoms with E-state index in [1.165, 1.54) is 4.88 Å². The molecule has 6 heteroatoms. The van der Waals surface area contributed by atoms with E-state index in [-0.39, 0.29) is 6.04 Å². The maximum absolute atomic E-state index is 4.44. The molecular formula is C12H17BrN4S. The summed E-state index contributed by atoms with van der Waals surface area (Å²) in [4.78, 5) is 5.38. The number of aromatic nitrogens is 3. The Morgan fingerprint density at radius 2 is 2.22 bits per heavy atom. The van der Waals surface area contributed by atoms with Crippen LogP contribution in [0.2, 0.25) is 0 Å². The minimum Gasteiger partial charge on any atom is -0.305 e. The first-order valence-electron chi connectivity index (χ1n) is 5.99. The van der Waals surface area contributed by atoms with E-state index in [0.717, 1.165) is 16.7 Å². The summed E-state index contributed by atoms with van der Waals surface area (Å²) in [6, 6.07) is 0.474. The minimum absolute atomic E-state index is 0.141. The van der Waals surface area contributed by atoms with Gasteiger partial charge in [-0.3, -0.25) is 9.67 Å². The van der Waals surface area contributed by atoms with Gasteiger partial charge >= 0.3 is 0 Å². The maximum Gasteiger partial charge on any atom is 0.0869 e. The average Bonchev–Trinajstić information content (AvgIpc) is 2.95. The molecule has 0 aliphatic carbocycles. The van der Waals surface area contributed by atoms with Crippen LogP contribution >= 0.6 is 27.3 Å². The number of hydrogen-bond donors (Lipinski definition) is 1. The van der Waals surface area contributed by atoms with Gasteiger partial charge in [0.15, 0.2) is 0 Å². The van der Waals surface area contributed by atoms with Crippen molar-refractivity contribution in [1.82, 2.24) is 20.1 Å². The Bertz CT molecular complexity index is 492. The summed E-state index contributed by atoms with van der Waals surface area (Å²) in [7, 11) is 0. The lowest BCUT2D eigenvalue weighted by Gasteiger charge is -2.20. The number of nitrogens with zero attached hydrogens (tertiary/aromatic N) is 3. The zero-order valence-corrected chi connectivity index (χ0v) is 13.1. The summed E-state index contributed by atoms with van der Waals surface area (Å²) < 4.78 is 3.09. The molecular weight excluding hydrogens is 312 g/mol. The van der Waals surface area contributed by atoms with Crippen LogP contribution in [0, 0.1) is 0 Å². The van der Waals surface area contributed by atoms with Crippen LogP contribution in [0.15, 0.2) is 22.4 Å². The highest BCUT2D eigenvalue weighted by atomic mass is 79.9. The van der Waals surface area contributed by atoms with Crippen LogP contribution in [0.3, 0.4) is 0 Å². The Hall–Kier alpha value is -0.720. The highest BCUT2D eigenvalue weighted by Gasteiger charge is 2.23. The smallest absolute Gasteiger partial charge is 0.0869 e.